The maximum Gasteiger partial charge on any atom is 0.410 e. The molecule has 3 atom stereocenters. The van der Waals surface area contributed by atoms with Crippen LogP contribution in [0.4, 0.5) is 4.79 Å². The molecule has 2 aliphatic heterocycles. The van der Waals surface area contributed by atoms with E-state index in [0.717, 1.165) is 37.7 Å². The summed E-state index contributed by atoms with van der Waals surface area (Å²) in [6, 6.07) is 7.40. The number of likely N-dealkylation sites (tertiary alicyclic amines) is 1. The number of nitrogens with zero attached hydrogens (tertiary/aromatic N) is 3. The van der Waals surface area contributed by atoms with Gasteiger partial charge in [-0.25, -0.2) is 9.80 Å². The van der Waals surface area contributed by atoms with E-state index in [0.29, 0.717) is 43.7 Å². The van der Waals surface area contributed by atoms with Gasteiger partial charge in [-0.3, -0.25) is 15.0 Å². The average molecular weight is 618 g/mol. The van der Waals surface area contributed by atoms with E-state index < -0.39 is 11.6 Å². The Kier molecular flexibility index (Phi) is 11.8. The van der Waals surface area contributed by atoms with E-state index in [2.05, 4.69) is 15.6 Å². The molecule has 10 heteroatoms. The molecule has 0 bridgehead atoms. The Balaban J connectivity index is 1.41. The first kappa shape index (κ1) is 33.5. The molecule has 3 aliphatic rings. The highest BCUT2D eigenvalue weighted by Crippen LogP contribution is 2.29. The lowest BCUT2D eigenvalue weighted by atomic mass is 9.92. The molecular weight excluding hydrogens is 566 g/mol. The van der Waals surface area contributed by atoms with Gasteiger partial charge in [0.25, 0.3) is 5.91 Å². The predicted octanol–water partition coefficient (Wildman–Crippen LogP) is 5.16. The standard InChI is InChI=1S/C33H52ClN5O4/c1-23(2)31(41)39(26-10-7-6-8-11-26)28-17-19-37(22-28)36-30(40)29(20-24-13-15-25(34)16-14-24)35-21-27-12-9-18-38(27)32(42)43-33(3,4)5/h13-16,23,26-29,35H,6-12,17-22H2,1-5H3,(H,36,40)/t27-,28+,29?/m1/s1. The zero-order chi connectivity index (χ0) is 31.1. The summed E-state index contributed by atoms with van der Waals surface area (Å²) >= 11 is 6.12. The number of benzene rings is 1. The van der Waals surface area contributed by atoms with Gasteiger partial charge in [-0.1, -0.05) is 56.8 Å². The Morgan fingerprint density at radius 2 is 1.67 bits per heavy atom. The van der Waals surface area contributed by atoms with Gasteiger partial charge in [0.15, 0.2) is 0 Å². The van der Waals surface area contributed by atoms with Crippen LogP contribution in [0.5, 0.6) is 0 Å². The Morgan fingerprint density at radius 1 is 0.977 bits per heavy atom. The molecule has 1 saturated carbocycles. The summed E-state index contributed by atoms with van der Waals surface area (Å²) in [5, 5.41) is 6.11. The summed E-state index contributed by atoms with van der Waals surface area (Å²) in [5.41, 5.74) is 3.61. The normalized spacial score (nSPS) is 22.5. The number of amides is 3. The van der Waals surface area contributed by atoms with Gasteiger partial charge < -0.3 is 19.9 Å². The number of rotatable bonds is 10. The van der Waals surface area contributed by atoms with Gasteiger partial charge >= 0.3 is 6.09 Å². The highest BCUT2D eigenvalue weighted by Gasteiger charge is 2.38. The van der Waals surface area contributed by atoms with Crippen molar-refractivity contribution < 1.29 is 19.1 Å². The number of carbonyl (C=O) groups excluding carboxylic acids is 3. The van der Waals surface area contributed by atoms with E-state index in [1.807, 2.05) is 63.9 Å². The summed E-state index contributed by atoms with van der Waals surface area (Å²) in [6.45, 7) is 12.0. The second-order valence-corrected chi connectivity index (χ2v) is 14.3. The van der Waals surface area contributed by atoms with Crippen molar-refractivity contribution in [3.05, 3.63) is 34.9 Å². The number of halogens is 1. The fourth-order valence-corrected chi connectivity index (χ4v) is 6.75. The lowest BCUT2D eigenvalue weighted by molar-refractivity contribution is -0.140. The monoisotopic (exact) mass is 617 g/mol. The topological polar surface area (TPSA) is 94.2 Å². The van der Waals surface area contributed by atoms with Crippen LogP contribution in [0.15, 0.2) is 24.3 Å². The Hall–Kier alpha value is -2.36. The predicted molar refractivity (Wildman–Crippen MR) is 170 cm³/mol. The van der Waals surface area contributed by atoms with Gasteiger partial charge in [0.05, 0.1) is 6.04 Å². The summed E-state index contributed by atoms with van der Waals surface area (Å²) in [4.78, 5) is 43.9. The average Bonchev–Trinajstić information content (AvgIpc) is 3.61. The maximum atomic E-state index is 13.8. The minimum absolute atomic E-state index is 0.0439. The highest BCUT2D eigenvalue weighted by atomic mass is 35.5. The van der Waals surface area contributed by atoms with Crippen LogP contribution in [0.3, 0.4) is 0 Å². The van der Waals surface area contributed by atoms with Crippen LogP contribution in [0.25, 0.3) is 0 Å². The molecule has 2 saturated heterocycles. The molecule has 1 unspecified atom stereocenters. The Labute approximate surface area is 263 Å². The molecular formula is C33H52ClN5O4. The molecule has 2 N–H and O–H groups in total. The third-order valence-electron chi connectivity index (χ3n) is 8.82. The molecule has 1 aromatic rings. The summed E-state index contributed by atoms with van der Waals surface area (Å²) in [6.07, 6.45) is 8.50. The van der Waals surface area contributed by atoms with E-state index in [4.69, 9.17) is 16.3 Å². The van der Waals surface area contributed by atoms with Crippen molar-refractivity contribution >= 4 is 29.5 Å². The van der Waals surface area contributed by atoms with E-state index >= 15 is 0 Å². The first-order chi connectivity index (χ1) is 20.4. The zero-order valence-corrected chi connectivity index (χ0v) is 27.5. The second-order valence-electron chi connectivity index (χ2n) is 13.8. The van der Waals surface area contributed by atoms with Gasteiger partial charge in [0, 0.05) is 55.2 Å². The van der Waals surface area contributed by atoms with Gasteiger partial charge in [-0.15, -0.1) is 0 Å². The number of hydrogen-bond acceptors (Lipinski definition) is 6. The third-order valence-corrected chi connectivity index (χ3v) is 9.07. The van der Waals surface area contributed by atoms with Gasteiger partial charge in [-0.2, -0.15) is 0 Å². The molecule has 0 radical (unpaired) electrons. The summed E-state index contributed by atoms with van der Waals surface area (Å²) in [5.74, 6) is 0.0598. The van der Waals surface area contributed by atoms with Gasteiger partial charge in [0.2, 0.25) is 5.91 Å². The lowest BCUT2D eigenvalue weighted by Gasteiger charge is -2.39. The molecule has 3 fully saturated rings. The van der Waals surface area contributed by atoms with Crippen LogP contribution in [-0.2, 0) is 20.7 Å². The lowest BCUT2D eigenvalue weighted by Crippen LogP contribution is -2.55. The van der Waals surface area contributed by atoms with E-state index in [9.17, 15) is 14.4 Å². The molecule has 43 heavy (non-hydrogen) atoms. The molecule has 2 heterocycles. The smallest absolute Gasteiger partial charge is 0.410 e. The van der Waals surface area contributed by atoms with Crippen molar-refractivity contribution in [2.24, 2.45) is 5.92 Å². The van der Waals surface area contributed by atoms with Crippen molar-refractivity contribution in [2.45, 2.75) is 122 Å². The largest absolute Gasteiger partial charge is 0.444 e. The maximum absolute atomic E-state index is 13.8. The number of carbonyl (C=O) groups is 3. The fourth-order valence-electron chi connectivity index (χ4n) is 6.62. The van der Waals surface area contributed by atoms with Crippen molar-refractivity contribution in [2.75, 3.05) is 26.2 Å². The second kappa shape index (κ2) is 15.1. The van der Waals surface area contributed by atoms with Crippen LogP contribution >= 0.6 is 11.6 Å². The Morgan fingerprint density at radius 3 is 2.33 bits per heavy atom. The third kappa shape index (κ3) is 9.56. The Bertz CT molecular complexity index is 1090. The van der Waals surface area contributed by atoms with E-state index in [1.54, 1.807) is 4.90 Å². The first-order valence-corrected chi connectivity index (χ1v) is 16.6. The molecule has 9 nitrogen and oxygen atoms in total. The van der Waals surface area contributed by atoms with Crippen LogP contribution in [-0.4, -0.2) is 88.7 Å². The first-order valence-electron chi connectivity index (χ1n) is 16.3. The summed E-state index contributed by atoms with van der Waals surface area (Å²) in [7, 11) is 0. The number of hydrazine groups is 1. The zero-order valence-electron chi connectivity index (χ0n) is 26.7. The molecule has 0 spiro atoms. The van der Waals surface area contributed by atoms with E-state index in [1.165, 1.54) is 19.3 Å². The van der Waals surface area contributed by atoms with Crippen LogP contribution < -0.4 is 10.7 Å². The molecule has 1 aliphatic carbocycles. The van der Waals surface area contributed by atoms with Crippen LogP contribution in [0, 0.1) is 5.92 Å². The molecule has 1 aromatic carbocycles. The quantitative estimate of drug-likeness (QED) is 0.377. The molecule has 3 amide bonds. The minimum Gasteiger partial charge on any atom is -0.444 e. The molecule has 4 rings (SSSR count). The fraction of sp³-hybridized carbons (Fsp3) is 0.727. The van der Waals surface area contributed by atoms with Crippen molar-refractivity contribution in [1.82, 2.24) is 25.6 Å². The van der Waals surface area contributed by atoms with Crippen molar-refractivity contribution in [1.29, 1.82) is 0 Å². The molecule has 0 aromatic heterocycles. The van der Waals surface area contributed by atoms with Gasteiger partial charge in [0.1, 0.15) is 5.60 Å². The van der Waals surface area contributed by atoms with Crippen molar-refractivity contribution in [3.8, 4) is 0 Å². The number of nitrogens with one attached hydrogen (secondary N) is 2. The minimum atomic E-state index is -0.561. The number of ether oxygens (including phenoxy) is 1. The summed E-state index contributed by atoms with van der Waals surface area (Å²) < 4.78 is 5.64. The van der Waals surface area contributed by atoms with Crippen molar-refractivity contribution in [3.63, 3.8) is 0 Å². The van der Waals surface area contributed by atoms with E-state index in [-0.39, 0.29) is 35.9 Å². The van der Waals surface area contributed by atoms with Crippen LogP contribution in [0.1, 0.15) is 91.5 Å². The molecule has 240 valence electrons. The SMILES string of the molecule is CC(C)C(=O)N(C1CCCCC1)[C@H]1CCN(NC(=O)C(Cc2ccc(Cl)cc2)NC[C@H]2CCCN2C(=O)OC(C)(C)C)C1. The number of hydrogen-bond donors (Lipinski definition) is 2. The highest BCUT2D eigenvalue weighted by molar-refractivity contribution is 6.30. The van der Waals surface area contributed by atoms with Gasteiger partial charge in [-0.05, 0) is 77.0 Å². The van der Waals surface area contributed by atoms with Crippen LogP contribution in [0.2, 0.25) is 5.02 Å².